The highest BCUT2D eigenvalue weighted by Crippen LogP contribution is 2.48. The van der Waals surface area contributed by atoms with Crippen molar-refractivity contribution in [1.82, 2.24) is 0 Å². The fourth-order valence-electron chi connectivity index (χ4n) is 4.09. The molecule has 0 aliphatic heterocycles. The molecule has 1 aromatic carbocycles. The molecule has 108 valence electrons. The molecule has 2 saturated carbocycles. The topological polar surface area (TPSA) is 17.1 Å². The van der Waals surface area contributed by atoms with E-state index in [2.05, 4.69) is 45.0 Å². The molecule has 0 saturated heterocycles. The summed E-state index contributed by atoms with van der Waals surface area (Å²) in [5.41, 5.74) is 2.71. The third-order valence-electron chi connectivity index (χ3n) is 5.35. The average Bonchev–Trinajstić information content (AvgIpc) is 3.00. The van der Waals surface area contributed by atoms with Crippen molar-refractivity contribution in [2.75, 3.05) is 0 Å². The molecule has 0 heterocycles. The van der Waals surface area contributed by atoms with Crippen LogP contribution in [0.15, 0.2) is 24.3 Å². The van der Waals surface area contributed by atoms with Crippen LogP contribution < -0.4 is 0 Å². The second kappa shape index (κ2) is 5.02. The molecule has 3 rings (SSSR count). The number of benzene rings is 1. The number of carbonyl (C=O) groups is 1. The van der Waals surface area contributed by atoms with Crippen LogP contribution in [0.3, 0.4) is 0 Å². The van der Waals surface area contributed by atoms with Gasteiger partial charge in [0.15, 0.2) is 0 Å². The van der Waals surface area contributed by atoms with Crippen LogP contribution in [-0.2, 0) is 16.6 Å². The summed E-state index contributed by atoms with van der Waals surface area (Å²) in [4.78, 5) is 12.5. The maximum Gasteiger partial charge on any atom is 0.140 e. The summed E-state index contributed by atoms with van der Waals surface area (Å²) in [5.74, 6) is 2.43. The summed E-state index contributed by atoms with van der Waals surface area (Å²) >= 11 is 0. The van der Waals surface area contributed by atoms with E-state index in [1.54, 1.807) is 0 Å². The molecule has 1 aromatic rings. The quantitative estimate of drug-likeness (QED) is 0.788. The Kier molecular flexibility index (Phi) is 3.48. The van der Waals surface area contributed by atoms with Gasteiger partial charge in [-0.05, 0) is 47.6 Å². The van der Waals surface area contributed by atoms with Crippen molar-refractivity contribution in [2.24, 2.45) is 17.8 Å². The van der Waals surface area contributed by atoms with Crippen LogP contribution in [0, 0.1) is 17.8 Å². The Balaban J connectivity index is 1.64. The number of hydrogen-bond acceptors (Lipinski definition) is 1. The van der Waals surface area contributed by atoms with Crippen molar-refractivity contribution in [3.8, 4) is 0 Å². The van der Waals surface area contributed by atoms with Gasteiger partial charge in [-0.3, -0.25) is 4.79 Å². The Labute approximate surface area is 122 Å². The van der Waals surface area contributed by atoms with E-state index in [4.69, 9.17) is 0 Å². The normalized spacial score (nSPS) is 28.9. The SMILES string of the molecule is CC(C)(C)c1ccc(CC(=O)C2CC3CCC2C3)cc1. The Hall–Kier alpha value is -1.11. The Morgan fingerprint density at radius 3 is 2.30 bits per heavy atom. The summed E-state index contributed by atoms with van der Waals surface area (Å²) in [5, 5.41) is 0. The molecule has 3 atom stereocenters. The summed E-state index contributed by atoms with van der Waals surface area (Å²) < 4.78 is 0. The standard InChI is InChI=1S/C19H26O/c1-19(2,3)16-8-5-13(6-9-16)12-18(20)17-11-14-4-7-15(17)10-14/h5-6,8-9,14-15,17H,4,7,10-12H2,1-3H3. The molecule has 0 radical (unpaired) electrons. The van der Waals surface area contributed by atoms with Crippen LogP contribution in [0.5, 0.6) is 0 Å². The molecule has 2 aliphatic rings. The van der Waals surface area contributed by atoms with Crippen molar-refractivity contribution < 1.29 is 4.79 Å². The molecule has 20 heavy (non-hydrogen) atoms. The first kappa shape index (κ1) is 13.9. The van der Waals surface area contributed by atoms with Gasteiger partial charge in [-0.25, -0.2) is 0 Å². The first-order chi connectivity index (χ1) is 9.43. The van der Waals surface area contributed by atoms with E-state index >= 15 is 0 Å². The molecular weight excluding hydrogens is 244 g/mol. The van der Waals surface area contributed by atoms with Gasteiger partial charge in [0.25, 0.3) is 0 Å². The van der Waals surface area contributed by atoms with Gasteiger partial charge >= 0.3 is 0 Å². The van der Waals surface area contributed by atoms with Gasteiger partial charge in [-0.1, -0.05) is 51.5 Å². The Morgan fingerprint density at radius 1 is 1.10 bits per heavy atom. The molecule has 0 spiro atoms. The molecule has 0 aromatic heterocycles. The maximum atomic E-state index is 12.5. The molecule has 3 unspecified atom stereocenters. The van der Waals surface area contributed by atoms with Gasteiger partial charge in [0.2, 0.25) is 0 Å². The predicted molar refractivity (Wildman–Crippen MR) is 82.8 cm³/mol. The van der Waals surface area contributed by atoms with Crippen molar-refractivity contribution in [3.05, 3.63) is 35.4 Å². The highest BCUT2D eigenvalue weighted by Gasteiger charge is 2.42. The monoisotopic (exact) mass is 270 g/mol. The molecular formula is C19H26O. The summed E-state index contributed by atoms with van der Waals surface area (Å²) in [6.07, 6.45) is 5.79. The number of rotatable bonds is 3. The minimum absolute atomic E-state index is 0.188. The van der Waals surface area contributed by atoms with E-state index in [-0.39, 0.29) is 5.41 Å². The van der Waals surface area contributed by atoms with Crippen molar-refractivity contribution in [3.63, 3.8) is 0 Å². The third kappa shape index (κ3) is 2.68. The minimum atomic E-state index is 0.188. The highest BCUT2D eigenvalue weighted by atomic mass is 16.1. The summed E-state index contributed by atoms with van der Waals surface area (Å²) in [6, 6.07) is 8.66. The molecule has 2 fully saturated rings. The molecule has 1 nitrogen and oxygen atoms in total. The fraction of sp³-hybridized carbons (Fsp3) is 0.632. The molecule has 2 bridgehead atoms. The van der Waals surface area contributed by atoms with E-state index in [0.29, 0.717) is 24.0 Å². The van der Waals surface area contributed by atoms with Gasteiger partial charge in [0.1, 0.15) is 5.78 Å². The maximum absolute atomic E-state index is 12.5. The average molecular weight is 270 g/mol. The van der Waals surface area contributed by atoms with Crippen LogP contribution >= 0.6 is 0 Å². The zero-order chi connectivity index (χ0) is 14.3. The van der Waals surface area contributed by atoms with E-state index in [0.717, 1.165) is 5.92 Å². The first-order valence-corrected chi connectivity index (χ1v) is 8.05. The van der Waals surface area contributed by atoms with E-state index in [1.165, 1.54) is 36.8 Å². The lowest BCUT2D eigenvalue weighted by Gasteiger charge is -2.21. The first-order valence-electron chi connectivity index (χ1n) is 8.05. The second-order valence-corrected chi connectivity index (χ2v) is 7.87. The third-order valence-corrected chi connectivity index (χ3v) is 5.35. The van der Waals surface area contributed by atoms with Crippen LogP contribution in [0.1, 0.15) is 57.6 Å². The van der Waals surface area contributed by atoms with E-state index in [1.807, 2.05) is 0 Å². The fourth-order valence-corrected chi connectivity index (χ4v) is 4.09. The van der Waals surface area contributed by atoms with Gasteiger partial charge < -0.3 is 0 Å². The largest absolute Gasteiger partial charge is 0.299 e. The Morgan fingerprint density at radius 2 is 1.80 bits per heavy atom. The summed E-state index contributed by atoms with van der Waals surface area (Å²) in [7, 11) is 0. The van der Waals surface area contributed by atoms with E-state index < -0.39 is 0 Å². The van der Waals surface area contributed by atoms with Crippen molar-refractivity contribution in [2.45, 2.75) is 58.3 Å². The number of fused-ring (bicyclic) bond motifs is 2. The molecule has 1 heteroatoms. The number of hydrogen-bond donors (Lipinski definition) is 0. The lowest BCUT2D eigenvalue weighted by atomic mass is 9.83. The molecule has 0 amide bonds. The zero-order valence-corrected chi connectivity index (χ0v) is 13.0. The van der Waals surface area contributed by atoms with Crippen LogP contribution in [0.4, 0.5) is 0 Å². The predicted octanol–water partition coefficient (Wildman–Crippen LogP) is 4.53. The van der Waals surface area contributed by atoms with E-state index in [9.17, 15) is 4.79 Å². The Bertz CT molecular complexity index is 491. The number of carbonyl (C=O) groups excluding carboxylic acids is 1. The highest BCUT2D eigenvalue weighted by molar-refractivity contribution is 5.84. The van der Waals surface area contributed by atoms with Gasteiger partial charge in [0.05, 0.1) is 0 Å². The van der Waals surface area contributed by atoms with Gasteiger partial charge in [0, 0.05) is 12.3 Å². The van der Waals surface area contributed by atoms with Crippen LogP contribution in [0.25, 0.3) is 0 Å². The lowest BCUT2D eigenvalue weighted by Crippen LogP contribution is -2.22. The van der Waals surface area contributed by atoms with Crippen LogP contribution in [0.2, 0.25) is 0 Å². The van der Waals surface area contributed by atoms with Gasteiger partial charge in [-0.15, -0.1) is 0 Å². The van der Waals surface area contributed by atoms with Crippen LogP contribution in [-0.4, -0.2) is 5.78 Å². The second-order valence-electron chi connectivity index (χ2n) is 7.87. The zero-order valence-electron chi connectivity index (χ0n) is 13.0. The van der Waals surface area contributed by atoms with Gasteiger partial charge in [-0.2, -0.15) is 0 Å². The summed E-state index contributed by atoms with van der Waals surface area (Å²) in [6.45, 7) is 6.67. The van der Waals surface area contributed by atoms with Crippen molar-refractivity contribution >= 4 is 5.78 Å². The molecule has 2 aliphatic carbocycles. The minimum Gasteiger partial charge on any atom is -0.299 e. The lowest BCUT2D eigenvalue weighted by molar-refractivity contribution is -0.123. The van der Waals surface area contributed by atoms with Crippen molar-refractivity contribution in [1.29, 1.82) is 0 Å². The smallest absolute Gasteiger partial charge is 0.140 e. The number of Topliss-reactive ketones (excluding diaryl/α,β-unsaturated/α-hetero) is 1. The molecule has 0 N–H and O–H groups in total. The number of ketones is 1.